The molecule has 2 bridgehead atoms. The number of allylic oxidation sites excluding steroid dienone is 5. The maximum Gasteiger partial charge on any atom is 0.411 e. The minimum atomic E-state index is -0.671. The van der Waals surface area contributed by atoms with Crippen LogP contribution in [-0.4, -0.2) is 24.7 Å². The third-order valence-corrected chi connectivity index (χ3v) is 4.42. The highest BCUT2D eigenvalue weighted by atomic mass is 33.1. The van der Waals surface area contributed by atoms with Crippen molar-refractivity contribution in [1.29, 1.82) is 0 Å². The van der Waals surface area contributed by atoms with Crippen LogP contribution in [0.4, 0.5) is 4.79 Å². The molecule has 4 nitrogen and oxygen atoms in total. The Morgan fingerprint density at radius 2 is 2.17 bits per heavy atom. The Bertz CT molecular complexity index is 757. The number of thiol groups is 1. The predicted molar refractivity (Wildman–Crippen MR) is 99.1 cm³/mol. The first kappa shape index (κ1) is 18.3. The summed E-state index contributed by atoms with van der Waals surface area (Å²) >= 11 is 4.17. The Balaban J connectivity index is 2.65. The van der Waals surface area contributed by atoms with Crippen LogP contribution in [0.1, 0.15) is 13.3 Å². The van der Waals surface area contributed by atoms with E-state index in [4.69, 9.17) is 0 Å². The largest absolute Gasteiger partial charge is 0.453 e. The van der Waals surface area contributed by atoms with Gasteiger partial charge in [0.1, 0.15) is 0 Å². The van der Waals surface area contributed by atoms with Gasteiger partial charge in [0.15, 0.2) is 5.78 Å². The van der Waals surface area contributed by atoms with Crippen LogP contribution < -0.4 is 5.32 Å². The molecule has 0 aromatic rings. The summed E-state index contributed by atoms with van der Waals surface area (Å²) in [5.41, 5.74) is 1.88. The fourth-order valence-electron chi connectivity index (χ4n) is 2.62. The van der Waals surface area contributed by atoms with Crippen molar-refractivity contribution in [3.63, 3.8) is 0 Å². The van der Waals surface area contributed by atoms with Crippen LogP contribution in [-0.2, 0) is 9.53 Å². The van der Waals surface area contributed by atoms with Gasteiger partial charge in [0, 0.05) is 18.1 Å². The second-order valence-electron chi connectivity index (χ2n) is 5.17. The van der Waals surface area contributed by atoms with Crippen LogP contribution in [0.5, 0.6) is 0 Å². The summed E-state index contributed by atoms with van der Waals surface area (Å²) in [5, 5.41) is 2.56. The Morgan fingerprint density at radius 1 is 1.46 bits per heavy atom. The molecule has 24 heavy (non-hydrogen) atoms. The molecule has 1 amide bonds. The molecule has 0 aromatic carbocycles. The van der Waals surface area contributed by atoms with Crippen LogP contribution in [0, 0.1) is 35.5 Å². The summed E-state index contributed by atoms with van der Waals surface area (Å²) < 4.78 is 4.64. The number of carbonyl (C=O) groups excluding carboxylic acids is 2. The fourth-order valence-corrected chi connectivity index (χ4v) is 3.10. The number of rotatable bonds is 3. The lowest BCUT2D eigenvalue weighted by Crippen LogP contribution is -2.35. The fraction of sp³-hybridized carbons (Fsp3) is 0.333. The van der Waals surface area contributed by atoms with Gasteiger partial charge in [-0.05, 0) is 30.2 Å². The van der Waals surface area contributed by atoms with Crippen LogP contribution in [0.2, 0.25) is 0 Å². The van der Waals surface area contributed by atoms with Crippen molar-refractivity contribution in [2.45, 2.75) is 13.3 Å². The molecule has 0 aliphatic heterocycles. The molecule has 0 radical (unpaired) electrons. The summed E-state index contributed by atoms with van der Waals surface area (Å²) in [7, 11) is 2.64. The van der Waals surface area contributed by atoms with E-state index >= 15 is 0 Å². The SMILES string of the molecule is COC(=O)NC1=C2/C(=C\CSS)C(C#C/C=C\C#C[C@@H]2C)CC1=O. The van der Waals surface area contributed by atoms with Gasteiger partial charge in [-0.25, -0.2) is 4.79 Å². The van der Waals surface area contributed by atoms with Crippen molar-refractivity contribution in [2.75, 3.05) is 12.9 Å². The van der Waals surface area contributed by atoms with Crippen LogP contribution in [0.25, 0.3) is 0 Å². The number of hydrogen-bond acceptors (Lipinski definition) is 5. The number of carbonyl (C=O) groups is 2. The van der Waals surface area contributed by atoms with Gasteiger partial charge in [0.25, 0.3) is 0 Å². The van der Waals surface area contributed by atoms with E-state index in [0.717, 1.165) is 5.57 Å². The summed E-state index contributed by atoms with van der Waals surface area (Å²) in [4.78, 5) is 24.2. The van der Waals surface area contributed by atoms with Gasteiger partial charge in [0.05, 0.1) is 18.7 Å². The topological polar surface area (TPSA) is 55.4 Å². The maximum atomic E-state index is 12.6. The third kappa shape index (κ3) is 4.29. The first-order valence-corrected chi connectivity index (χ1v) is 9.38. The lowest BCUT2D eigenvalue weighted by atomic mass is 9.76. The van der Waals surface area contributed by atoms with Gasteiger partial charge in [0.2, 0.25) is 0 Å². The zero-order valence-electron chi connectivity index (χ0n) is 13.4. The summed E-state index contributed by atoms with van der Waals surface area (Å²) in [6.07, 6.45) is 4.92. The number of ether oxygens (including phenoxy) is 1. The summed E-state index contributed by atoms with van der Waals surface area (Å²) in [5.74, 6) is 12.1. The van der Waals surface area contributed by atoms with E-state index in [1.165, 1.54) is 17.9 Å². The molecule has 2 aliphatic rings. The number of alkyl carbamates (subject to hydrolysis) is 1. The molecule has 0 saturated carbocycles. The quantitative estimate of drug-likeness (QED) is 0.462. The van der Waals surface area contributed by atoms with E-state index in [9.17, 15) is 9.59 Å². The van der Waals surface area contributed by atoms with E-state index in [1.54, 1.807) is 12.2 Å². The molecule has 1 unspecified atom stereocenters. The number of nitrogens with one attached hydrogen (secondary N) is 1. The Kier molecular flexibility index (Phi) is 6.66. The van der Waals surface area contributed by atoms with E-state index in [2.05, 4.69) is 45.4 Å². The normalized spacial score (nSPS) is 25.1. The molecular formula is C18H17NO3S2. The van der Waals surface area contributed by atoms with Crippen LogP contribution >= 0.6 is 22.5 Å². The van der Waals surface area contributed by atoms with Crippen molar-refractivity contribution in [2.24, 2.45) is 11.8 Å². The first-order valence-electron chi connectivity index (χ1n) is 7.34. The van der Waals surface area contributed by atoms with Crippen LogP contribution in [0.3, 0.4) is 0 Å². The van der Waals surface area contributed by atoms with E-state index in [0.29, 0.717) is 11.3 Å². The van der Waals surface area contributed by atoms with Gasteiger partial charge in [-0.1, -0.05) is 40.6 Å². The number of ketones is 1. The Morgan fingerprint density at radius 3 is 2.83 bits per heavy atom. The highest BCUT2D eigenvalue weighted by Crippen LogP contribution is 2.36. The van der Waals surface area contributed by atoms with Crippen molar-refractivity contribution in [3.05, 3.63) is 35.1 Å². The number of methoxy groups -OCH3 is 1. The zero-order valence-corrected chi connectivity index (χ0v) is 15.1. The van der Waals surface area contributed by atoms with Crippen molar-refractivity contribution < 1.29 is 14.3 Å². The first-order chi connectivity index (χ1) is 11.6. The minimum absolute atomic E-state index is 0.163. The van der Waals surface area contributed by atoms with Crippen molar-refractivity contribution in [1.82, 2.24) is 5.32 Å². The third-order valence-electron chi connectivity index (χ3n) is 3.65. The second-order valence-corrected chi connectivity index (χ2v) is 6.54. The van der Waals surface area contributed by atoms with Gasteiger partial charge in [-0.15, -0.1) is 11.7 Å². The molecule has 0 fully saturated rings. The number of Topliss-reactive ketones (excluding diaryl/α,β-unsaturated/α-hetero) is 1. The zero-order chi connectivity index (χ0) is 17.5. The molecule has 0 heterocycles. The molecule has 2 rings (SSSR count). The van der Waals surface area contributed by atoms with E-state index in [-0.39, 0.29) is 29.7 Å². The predicted octanol–water partition coefficient (Wildman–Crippen LogP) is 2.90. The monoisotopic (exact) mass is 359 g/mol. The van der Waals surface area contributed by atoms with E-state index in [1.807, 2.05) is 13.0 Å². The maximum absolute atomic E-state index is 12.6. The molecule has 0 spiro atoms. The highest BCUT2D eigenvalue weighted by Gasteiger charge is 2.34. The Labute approximate surface area is 151 Å². The van der Waals surface area contributed by atoms with Crippen molar-refractivity contribution >= 4 is 34.3 Å². The number of amides is 1. The van der Waals surface area contributed by atoms with Crippen molar-refractivity contribution in [3.8, 4) is 23.7 Å². The standard InChI is InChI=1S/C18H17NO3S2/c1-12-7-5-3-4-6-8-13-11-15(20)17(19-18(21)22-2)16(12)14(13)9-10-24-23/h3-4,9,12-13,23H,10-11H2,1-2H3,(H,19,21)/b4-3-,14-9-/t12-,13?/m0/s1. The molecule has 0 aromatic heterocycles. The molecule has 0 saturated heterocycles. The lowest BCUT2D eigenvalue weighted by Gasteiger charge is -2.29. The molecule has 1 N–H and O–H groups in total. The van der Waals surface area contributed by atoms with Crippen LogP contribution in [0.15, 0.2) is 35.1 Å². The molecule has 2 atom stereocenters. The summed E-state index contributed by atoms with van der Waals surface area (Å²) in [6.45, 7) is 1.90. The number of hydrogen-bond donors (Lipinski definition) is 2. The molecular weight excluding hydrogens is 342 g/mol. The van der Waals surface area contributed by atoms with Gasteiger partial charge < -0.3 is 4.74 Å². The average molecular weight is 359 g/mol. The molecule has 6 heteroatoms. The lowest BCUT2D eigenvalue weighted by molar-refractivity contribution is -0.116. The van der Waals surface area contributed by atoms with Gasteiger partial charge >= 0.3 is 6.09 Å². The average Bonchev–Trinajstić information content (AvgIpc) is 2.57. The molecule has 2 aliphatic carbocycles. The van der Waals surface area contributed by atoms with Gasteiger partial charge in [-0.3, -0.25) is 10.1 Å². The minimum Gasteiger partial charge on any atom is -0.453 e. The Hall–Kier alpha value is -2.02. The second kappa shape index (κ2) is 8.73. The highest BCUT2D eigenvalue weighted by molar-refractivity contribution is 8.68. The smallest absolute Gasteiger partial charge is 0.411 e. The van der Waals surface area contributed by atoms with E-state index < -0.39 is 6.09 Å². The summed E-state index contributed by atoms with van der Waals surface area (Å²) in [6, 6.07) is 0. The molecule has 124 valence electrons. The number of fused-ring (bicyclic) bond motifs is 2. The van der Waals surface area contributed by atoms with Gasteiger partial charge in [-0.2, -0.15) is 0 Å².